The van der Waals surface area contributed by atoms with Gasteiger partial charge in [0, 0.05) is 4.90 Å². The number of carbonyl (C=O) groups is 2. The van der Waals surface area contributed by atoms with E-state index < -0.39 is 12.0 Å². The van der Waals surface area contributed by atoms with Crippen LogP contribution < -0.4 is 10.6 Å². The van der Waals surface area contributed by atoms with Gasteiger partial charge in [-0.3, -0.25) is 0 Å². The summed E-state index contributed by atoms with van der Waals surface area (Å²) in [6.45, 7) is 2.02. The van der Waals surface area contributed by atoms with Gasteiger partial charge in [0.25, 0.3) is 0 Å². The molecule has 0 aromatic heterocycles. The van der Waals surface area contributed by atoms with Gasteiger partial charge in [0.1, 0.15) is 0 Å². The number of nitrogens with one attached hydrogen (secondary N) is 2. The van der Waals surface area contributed by atoms with Crippen molar-refractivity contribution in [2.45, 2.75) is 17.9 Å². The minimum atomic E-state index is -0.575. The molecule has 1 atom stereocenters. The van der Waals surface area contributed by atoms with Crippen molar-refractivity contribution in [3.05, 3.63) is 71.3 Å². The maximum absolute atomic E-state index is 12.7. The fourth-order valence-corrected chi connectivity index (χ4v) is 3.28. The third-order valence-electron chi connectivity index (χ3n) is 4.08. The van der Waals surface area contributed by atoms with Crippen molar-refractivity contribution in [2.75, 3.05) is 12.9 Å². The summed E-state index contributed by atoms with van der Waals surface area (Å²) in [5.74, 6) is -0.446. The highest BCUT2D eigenvalue weighted by molar-refractivity contribution is 7.98. The Bertz CT molecular complexity index is 832. The van der Waals surface area contributed by atoms with E-state index in [1.807, 2.05) is 60.9 Å². The summed E-state index contributed by atoms with van der Waals surface area (Å²) in [6, 6.07) is 16.2. The molecular weight excluding hydrogens is 348 g/mol. The standard InChI is InChI=1S/C20H20N2O3S/c1-3-25-19(23)16-17(13-7-5-4-6-8-13)21-20(24)22-18(16)14-9-11-15(26-2)12-10-14/h4-12,18H,3H2,1-2H3,(H2,21,22,24)/t18-/m0/s1. The highest BCUT2D eigenvalue weighted by atomic mass is 32.2. The molecule has 2 aromatic rings. The summed E-state index contributed by atoms with van der Waals surface area (Å²) in [7, 11) is 0. The van der Waals surface area contributed by atoms with Crippen LogP contribution in [-0.4, -0.2) is 24.9 Å². The lowest BCUT2D eigenvalue weighted by molar-refractivity contribution is -0.138. The minimum Gasteiger partial charge on any atom is -0.463 e. The van der Waals surface area contributed by atoms with E-state index in [1.165, 1.54) is 0 Å². The Hall–Kier alpha value is -2.73. The third-order valence-corrected chi connectivity index (χ3v) is 4.82. The van der Waals surface area contributed by atoms with Crippen LogP contribution in [0.3, 0.4) is 0 Å². The highest BCUT2D eigenvalue weighted by Crippen LogP contribution is 2.32. The highest BCUT2D eigenvalue weighted by Gasteiger charge is 2.34. The number of benzene rings is 2. The van der Waals surface area contributed by atoms with Gasteiger partial charge in [-0.1, -0.05) is 42.5 Å². The molecular formula is C20H20N2O3S. The predicted octanol–water partition coefficient (Wildman–Crippen LogP) is 3.74. The van der Waals surface area contributed by atoms with E-state index in [1.54, 1.807) is 18.7 Å². The van der Waals surface area contributed by atoms with Gasteiger partial charge in [0.2, 0.25) is 0 Å². The number of ether oxygens (including phenoxy) is 1. The number of thioether (sulfide) groups is 1. The monoisotopic (exact) mass is 368 g/mol. The van der Waals surface area contributed by atoms with Crippen LogP contribution in [0.4, 0.5) is 4.79 Å². The van der Waals surface area contributed by atoms with Crippen molar-refractivity contribution in [3.8, 4) is 0 Å². The van der Waals surface area contributed by atoms with Crippen molar-refractivity contribution >= 4 is 29.5 Å². The first-order valence-electron chi connectivity index (χ1n) is 8.32. The van der Waals surface area contributed by atoms with Crippen LogP contribution in [0.5, 0.6) is 0 Å². The molecule has 0 aliphatic carbocycles. The molecule has 0 saturated carbocycles. The summed E-state index contributed by atoms with van der Waals surface area (Å²) in [4.78, 5) is 26.1. The molecule has 0 unspecified atom stereocenters. The average molecular weight is 368 g/mol. The van der Waals surface area contributed by atoms with Crippen LogP contribution in [0.25, 0.3) is 5.70 Å². The van der Waals surface area contributed by atoms with Crippen molar-refractivity contribution in [3.63, 3.8) is 0 Å². The number of rotatable bonds is 5. The Morgan fingerprint density at radius 3 is 2.42 bits per heavy atom. The van der Waals surface area contributed by atoms with E-state index in [0.717, 1.165) is 16.0 Å². The zero-order valence-corrected chi connectivity index (χ0v) is 15.4. The third kappa shape index (κ3) is 3.75. The molecule has 0 spiro atoms. The second-order valence-electron chi connectivity index (χ2n) is 5.68. The average Bonchev–Trinajstić information content (AvgIpc) is 2.68. The zero-order chi connectivity index (χ0) is 18.5. The summed E-state index contributed by atoms with van der Waals surface area (Å²) >= 11 is 1.63. The van der Waals surface area contributed by atoms with E-state index in [9.17, 15) is 9.59 Å². The van der Waals surface area contributed by atoms with Crippen LogP contribution in [0.2, 0.25) is 0 Å². The number of esters is 1. The second-order valence-corrected chi connectivity index (χ2v) is 6.56. The second kappa shape index (κ2) is 8.10. The fourth-order valence-electron chi connectivity index (χ4n) is 2.87. The fraction of sp³-hybridized carbons (Fsp3) is 0.200. The van der Waals surface area contributed by atoms with Gasteiger partial charge in [0.05, 0.1) is 23.9 Å². The number of amides is 2. The van der Waals surface area contributed by atoms with Crippen LogP contribution in [0.15, 0.2) is 65.1 Å². The molecule has 6 heteroatoms. The lowest BCUT2D eigenvalue weighted by atomic mass is 9.93. The molecule has 1 heterocycles. The SMILES string of the molecule is CCOC(=O)C1=C(c2ccccc2)NC(=O)N[C@H]1c1ccc(SC)cc1. The Balaban J connectivity index is 2.13. The van der Waals surface area contributed by atoms with Crippen LogP contribution in [0, 0.1) is 0 Å². The summed E-state index contributed by atoms with van der Waals surface area (Å²) in [5, 5.41) is 5.61. The molecule has 3 rings (SSSR count). The molecule has 0 radical (unpaired) electrons. The molecule has 2 aromatic carbocycles. The number of hydrogen-bond acceptors (Lipinski definition) is 4. The predicted molar refractivity (Wildman–Crippen MR) is 103 cm³/mol. The van der Waals surface area contributed by atoms with E-state index in [4.69, 9.17) is 4.74 Å². The van der Waals surface area contributed by atoms with E-state index in [0.29, 0.717) is 11.3 Å². The van der Waals surface area contributed by atoms with Crippen molar-refractivity contribution < 1.29 is 14.3 Å². The van der Waals surface area contributed by atoms with Gasteiger partial charge in [-0.05, 0) is 36.4 Å². The van der Waals surface area contributed by atoms with E-state index in [-0.39, 0.29) is 12.6 Å². The maximum Gasteiger partial charge on any atom is 0.338 e. The van der Waals surface area contributed by atoms with Gasteiger partial charge in [-0.2, -0.15) is 0 Å². The summed E-state index contributed by atoms with van der Waals surface area (Å²) in [5.41, 5.74) is 2.46. The van der Waals surface area contributed by atoms with Crippen LogP contribution >= 0.6 is 11.8 Å². The van der Waals surface area contributed by atoms with Crippen molar-refractivity contribution in [2.24, 2.45) is 0 Å². The Morgan fingerprint density at radius 2 is 1.81 bits per heavy atom. The molecule has 1 aliphatic rings. The molecule has 26 heavy (non-hydrogen) atoms. The molecule has 1 aliphatic heterocycles. The topological polar surface area (TPSA) is 67.4 Å². The molecule has 0 fully saturated rings. The van der Waals surface area contributed by atoms with Crippen LogP contribution in [0.1, 0.15) is 24.1 Å². The van der Waals surface area contributed by atoms with E-state index >= 15 is 0 Å². The number of carbonyl (C=O) groups excluding carboxylic acids is 2. The molecule has 134 valence electrons. The van der Waals surface area contributed by atoms with Gasteiger partial charge in [-0.25, -0.2) is 9.59 Å². The maximum atomic E-state index is 12.7. The molecule has 0 saturated heterocycles. The molecule has 2 N–H and O–H groups in total. The van der Waals surface area contributed by atoms with Crippen molar-refractivity contribution in [1.29, 1.82) is 0 Å². The number of urea groups is 1. The lowest BCUT2D eigenvalue weighted by Gasteiger charge is -2.29. The van der Waals surface area contributed by atoms with Gasteiger partial charge >= 0.3 is 12.0 Å². The smallest absolute Gasteiger partial charge is 0.338 e. The summed E-state index contributed by atoms with van der Waals surface area (Å²) < 4.78 is 5.27. The quantitative estimate of drug-likeness (QED) is 0.623. The largest absolute Gasteiger partial charge is 0.463 e. The normalized spacial score (nSPS) is 16.7. The molecule has 2 amide bonds. The Kier molecular flexibility index (Phi) is 5.63. The van der Waals surface area contributed by atoms with Gasteiger partial charge in [0.15, 0.2) is 0 Å². The first-order valence-corrected chi connectivity index (χ1v) is 9.54. The number of hydrogen-bond donors (Lipinski definition) is 2. The first kappa shape index (κ1) is 18.1. The minimum absolute atomic E-state index is 0.260. The van der Waals surface area contributed by atoms with Gasteiger partial charge < -0.3 is 15.4 Å². The van der Waals surface area contributed by atoms with Crippen molar-refractivity contribution in [1.82, 2.24) is 10.6 Å². The van der Waals surface area contributed by atoms with Crippen LogP contribution in [-0.2, 0) is 9.53 Å². The lowest BCUT2D eigenvalue weighted by Crippen LogP contribution is -2.45. The zero-order valence-electron chi connectivity index (χ0n) is 14.6. The van der Waals surface area contributed by atoms with E-state index in [2.05, 4.69) is 10.6 Å². The first-order chi connectivity index (χ1) is 12.6. The van der Waals surface area contributed by atoms with Gasteiger partial charge in [-0.15, -0.1) is 11.8 Å². The Morgan fingerprint density at radius 1 is 1.12 bits per heavy atom. The molecule has 5 nitrogen and oxygen atoms in total. The Labute approximate surface area is 156 Å². The summed E-state index contributed by atoms with van der Waals surface area (Å²) in [6.07, 6.45) is 2.00. The molecule has 0 bridgehead atoms.